The van der Waals surface area contributed by atoms with Gasteiger partial charge in [-0.25, -0.2) is 4.79 Å². The number of hydrogen-bond donors (Lipinski definition) is 1. The molecule has 0 saturated heterocycles. The van der Waals surface area contributed by atoms with E-state index >= 15 is 0 Å². The summed E-state index contributed by atoms with van der Waals surface area (Å²) in [5.41, 5.74) is 0.679. The zero-order valence-electron chi connectivity index (χ0n) is 10.8. The molecule has 0 aliphatic rings. The van der Waals surface area contributed by atoms with E-state index in [1.54, 1.807) is 32.0 Å². The molecule has 20 heavy (non-hydrogen) atoms. The first-order valence-corrected chi connectivity index (χ1v) is 6.51. The van der Waals surface area contributed by atoms with Crippen molar-refractivity contribution >= 4 is 29.2 Å². The third kappa shape index (κ3) is 2.32. The van der Waals surface area contributed by atoms with Crippen LogP contribution in [0.5, 0.6) is 0 Å². The van der Waals surface area contributed by atoms with E-state index in [-0.39, 0.29) is 26.9 Å². The second kappa shape index (κ2) is 5.31. The topological polar surface area (TPSA) is 59.3 Å². The highest BCUT2D eigenvalue weighted by molar-refractivity contribution is 6.37. The number of aromatic carboxylic acids is 1. The van der Waals surface area contributed by atoms with Gasteiger partial charge in [-0.15, -0.1) is 0 Å². The molecule has 0 saturated carbocycles. The fraction of sp³-hybridized carbons (Fsp3) is 0.143. The summed E-state index contributed by atoms with van der Waals surface area (Å²) in [6, 6.07) is 6.10. The molecule has 0 atom stereocenters. The number of halogens is 2. The number of pyridine rings is 1. The van der Waals surface area contributed by atoms with Crippen molar-refractivity contribution in [2.45, 2.75) is 13.8 Å². The van der Waals surface area contributed by atoms with Gasteiger partial charge in [-0.2, -0.15) is 0 Å². The highest BCUT2D eigenvalue weighted by Gasteiger charge is 2.19. The first-order valence-electron chi connectivity index (χ1n) is 5.75. The average Bonchev–Trinajstić information content (AvgIpc) is 2.31. The predicted octanol–water partition coefficient (Wildman–Crippen LogP) is 3.46. The number of aromatic nitrogens is 1. The molecule has 4 nitrogen and oxygen atoms in total. The average molecular weight is 312 g/mol. The number of nitrogens with zero attached hydrogens (tertiary/aromatic N) is 1. The van der Waals surface area contributed by atoms with Gasteiger partial charge in [-0.3, -0.25) is 9.36 Å². The van der Waals surface area contributed by atoms with Gasteiger partial charge in [0.1, 0.15) is 0 Å². The maximum Gasteiger partial charge on any atom is 0.337 e. The van der Waals surface area contributed by atoms with Crippen molar-refractivity contribution in [3.8, 4) is 5.69 Å². The Morgan fingerprint density at radius 1 is 1.20 bits per heavy atom. The second-order valence-corrected chi connectivity index (χ2v) is 5.15. The minimum Gasteiger partial charge on any atom is -0.478 e. The van der Waals surface area contributed by atoms with E-state index in [1.807, 2.05) is 0 Å². The Bertz CT molecular complexity index is 745. The van der Waals surface area contributed by atoms with E-state index in [0.29, 0.717) is 11.3 Å². The quantitative estimate of drug-likeness (QED) is 0.924. The molecule has 1 heterocycles. The summed E-state index contributed by atoms with van der Waals surface area (Å²) >= 11 is 12.2. The first-order chi connectivity index (χ1) is 9.34. The Morgan fingerprint density at radius 2 is 1.75 bits per heavy atom. The molecule has 1 aromatic heterocycles. The minimum atomic E-state index is -1.10. The van der Waals surface area contributed by atoms with Gasteiger partial charge in [0, 0.05) is 11.8 Å². The van der Waals surface area contributed by atoms with E-state index in [2.05, 4.69) is 0 Å². The zero-order valence-corrected chi connectivity index (χ0v) is 12.3. The maximum absolute atomic E-state index is 12.2. The van der Waals surface area contributed by atoms with Gasteiger partial charge in [-0.1, -0.05) is 29.3 Å². The molecule has 0 aliphatic carbocycles. The van der Waals surface area contributed by atoms with E-state index in [0.717, 1.165) is 0 Å². The summed E-state index contributed by atoms with van der Waals surface area (Å²) in [6.45, 7) is 3.13. The highest BCUT2D eigenvalue weighted by atomic mass is 35.5. The Morgan fingerprint density at radius 3 is 2.25 bits per heavy atom. The lowest BCUT2D eigenvalue weighted by Crippen LogP contribution is -2.24. The van der Waals surface area contributed by atoms with E-state index < -0.39 is 5.97 Å². The van der Waals surface area contributed by atoms with Crippen molar-refractivity contribution < 1.29 is 9.90 Å². The molecular weight excluding hydrogens is 301 g/mol. The molecule has 2 aromatic rings. The Labute approximate surface area is 125 Å². The van der Waals surface area contributed by atoms with Crippen LogP contribution < -0.4 is 5.56 Å². The molecule has 104 valence electrons. The van der Waals surface area contributed by atoms with Crippen LogP contribution in [-0.2, 0) is 0 Å². The largest absolute Gasteiger partial charge is 0.478 e. The Hall–Kier alpha value is -1.78. The number of carbonyl (C=O) groups is 1. The van der Waals surface area contributed by atoms with Gasteiger partial charge >= 0.3 is 5.97 Å². The number of para-hydroxylation sites is 1. The van der Waals surface area contributed by atoms with Crippen LogP contribution in [0.15, 0.2) is 29.1 Å². The van der Waals surface area contributed by atoms with Gasteiger partial charge in [-0.05, 0) is 31.5 Å². The van der Waals surface area contributed by atoms with Crippen molar-refractivity contribution in [1.82, 2.24) is 4.57 Å². The van der Waals surface area contributed by atoms with Crippen LogP contribution in [0.4, 0.5) is 0 Å². The predicted molar refractivity (Wildman–Crippen MR) is 78.5 cm³/mol. The van der Waals surface area contributed by atoms with Gasteiger partial charge in [0.2, 0.25) is 0 Å². The summed E-state index contributed by atoms with van der Waals surface area (Å²) in [5, 5.41) is 9.83. The number of rotatable bonds is 2. The molecule has 0 fully saturated rings. The Kier molecular flexibility index (Phi) is 3.88. The van der Waals surface area contributed by atoms with E-state index in [4.69, 9.17) is 23.2 Å². The number of aryl methyl sites for hydroxylation is 1. The van der Waals surface area contributed by atoms with Crippen molar-refractivity contribution in [1.29, 1.82) is 0 Å². The third-order valence-electron chi connectivity index (χ3n) is 3.03. The molecule has 0 bridgehead atoms. The van der Waals surface area contributed by atoms with Crippen LogP contribution in [0.1, 0.15) is 21.6 Å². The molecule has 1 aromatic carbocycles. The molecule has 0 radical (unpaired) electrons. The number of benzene rings is 1. The first kappa shape index (κ1) is 14.6. The summed E-state index contributed by atoms with van der Waals surface area (Å²) in [5.74, 6) is -1.10. The monoisotopic (exact) mass is 311 g/mol. The third-order valence-corrected chi connectivity index (χ3v) is 3.64. The zero-order chi connectivity index (χ0) is 15.0. The van der Waals surface area contributed by atoms with Crippen molar-refractivity contribution in [2.24, 2.45) is 0 Å². The van der Waals surface area contributed by atoms with Crippen LogP contribution >= 0.6 is 23.2 Å². The molecule has 0 amide bonds. The molecule has 2 rings (SSSR count). The highest BCUT2D eigenvalue weighted by Crippen LogP contribution is 2.29. The lowest BCUT2D eigenvalue weighted by atomic mass is 10.1. The molecule has 6 heteroatoms. The van der Waals surface area contributed by atoms with Gasteiger partial charge in [0.05, 0.1) is 21.3 Å². The number of hydrogen-bond acceptors (Lipinski definition) is 2. The second-order valence-electron chi connectivity index (χ2n) is 4.34. The van der Waals surface area contributed by atoms with Crippen molar-refractivity contribution in [3.63, 3.8) is 0 Å². The lowest BCUT2D eigenvalue weighted by Gasteiger charge is -2.16. The van der Waals surface area contributed by atoms with Gasteiger partial charge in [0.25, 0.3) is 5.56 Å². The minimum absolute atomic E-state index is 0.0700. The molecule has 0 aliphatic heterocycles. The van der Waals surface area contributed by atoms with Crippen molar-refractivity contribution in [3.05, 3.63) is 61.5 Å². The van der Waals surface area contributed by atoms with E-state index in [9.17, 15) is 14.7 Å². The molecule has 0 spiro atoms. The van der Waals surface area contributed by atoms with Gasteiger partial charge < -0.3 is 5.11 Å². The SMILES string of the molecule is Cc1cc(=O)n(-c2c(Cl)cccc2Cl)c(C)c1C(=O)O. The molecule has 1 N–H and O–H groups in total. The van der Waals surface area contributed by atoms with Crippen LogP contribution in [0.2, 0.25) is 10.0 Å². The normalized spacial score (nSPS) is 10.6. The summed E-state index contributed by atoms with van der Waals surface area (Å²) in [4.78, 5) is 23.5. The molecule has 0 unspecified atom stereocenters. The van der Waals surface area contributed by atoms with Gasteiger partial charge in [0.15, 0.2) is 0 Å². The van der Waals surface area contributed by atoms with E-state index in [1.165, 1.54) is 10.6 Å². The maximum atomic E-state index is 12.2. The standard InChI is InChI=1S/C14H11Cl2NO3/c1-7-6-11(18)17(8(2)12(7)14(19)20)13-9(15)4-3-5-10(13)16/h3-6H,1-2H3,(H,19,20). The lowest BCUT2D eigenvalue weighted by molar-refractivity contribution is 0.0694. The summed E-state index contributed by atoms with van der Waals surface area (Å²) in [6.07, 6.45) is 0. The summed E-state index contributed by atoms with van der Waals surface area (Å²) in [7, 11) is 0. The number of carboxylic acid groups (broad SMARTS) is 1. The van der Waals surface area contributed by atoms with Crippen molar-refractivity contribution in [2.75, 3.05) is 0 Å². The smallest absolute Gasteiger partial charge is 0.337 e. The Balaban J connectivity index is 2.92. The fourth-order valence-corrected chi connectivity index (χ4v) is 2.75. The van der Waals surface area contributed by atoms with Crippen LogP contribution in [0, 0.1) is 13.8 Å². The van der Waals surface area contributed by atoms with Crippen LogP contribution in [-0.4, -0.2) is 15.6 Å². The number of carboxylic acids is 1. The van der Waals surface area contributed by atoms with Crippen LogP contribution in [0.3, 0.4) is 0 Å². The fourth-order valence-electron chi connectivity index (χ4n) is 2.19. The summed E-state index contributed by atoms with van der Waals surface area (Å²) < 4.78 is 1.22. The van der Waals surface area contributed by atoms with Crippen LogP contribution in [0.25, 0.3) is 5.69 Å². The molecular formula is C14H11Cl2NO3.